The Morgan fingerprint density at radius 1 is 1.21 bits per heavy atom. The Balaban J connectivity index is 1.62. The van der Waals surface area contributed by atoms with Crippen molar-refractivity contribution in [1.82, 2.24) is 4.98 Å². The fourth-order valence-corrected chi connectivity index (χ4v) is 3.32. The molecule has 9 heteroatoms. The second-order valence-electron chi connectivity index (χ2n) is 6.56. The molecule has 0 aliphatic carbocycles. The Morgan fingerprint density at radius 2 is 1.90 bits per heavy atom. The highest BCUT2D eigenvalue weighted by molar-refractivity contribution is 6.12. The monoisotopic (exact) mass is 396 g/mol. The predicted molar refractivity (Wildman–Crippen MR) is 101 cm³/mol. The molecule has 9 nitrogen and oxygen atoms in total. The van der Waals surface area contributed by atoms with E-state index in [2.05, 4.69) is 4.98 Å². The van der Waals surface area contributed by atoms with Crippen LogP contribution in [0.3, 0.4) is 0 Å². The lowest BCUT2D eigenvalue weighted by molar-refractivity contribution is -0.385. The van der Waals surface area contributed by atoms with Crippen molar-refractivity contribution < 1.29 is 28.7 Å². The number of ether oxygens (including phenoxy) is 3. The van der Waals surface area contributed by atoms with Gasteiger partial charge in [-0.25, -0.2) is 4.79 Å². The lowest BCUT2D eigenvalue weighted by atomic mass is 10.0. The van der Waals surface area contributed by atoms with E-state index in [0.717, 1.165) is 11.6 Å². The van der Waals surface area contributed by atoms with E-state index in [4.69, 9.17) is 14.2 Å². The van der Waals surface area contributed by atoms with E-state index in [1.165, 1.54) is 13.0 Å². The summed E-state index contributed by atoms with van der Waals surface area (Å²) >= 11 is 0. The molecule has 0 saturated heterocycles. The number of aryl methyl sites for hydroxylation is 1. The number of nitrogens with zero attached hydrogens (tertiary/aromatic N) is 1. The van der Waals surface area contributed by atoms with Crippen LogP contribution in [0.2, 0.25) is 0 Å². The average Bonchev–Trinajstić information content (AvgIpc) is 3.28. The standard InChI is InChI=1S/C20H16N2O7/c1-10-18(12-5-3-4-6-14(12)21-10)19(23)11(2)29-20(24)13-7-16-17(28-9-27-16)8-15(13)22(25)26/h3-8,11,21H,9H2,1-2H3. The molecule has 1 aromatic heterocycles. The molecule has 1 aliphatic rings. The van der Waals surface area contributed by atoms with Gasteiger partial charge in [-0.15, -0.1) is 0 Å². The molecule has 0 amide bonds. The second kappa shape index (κ2) is 6.93. The van der Waals surface area contributed by atoms with Gasteiger partial charge in [-0.1, -0.05) is 18.2 Å². The topological polar surface area (TPSA) is 121 Å². The fraction of sp³-hybridized carbons (Fsp3) is 0.200. The molecule has 0 spiro atoms. The minimum absolute atomic E-state index is 0.0975. The molecular weight excluding hydrogens is 380 g/mol. The van der Waals surface area contributed by atoms with Gasteiger partial charge >= 0.3 is 5.97 Å². The number of para-hydroxylation sites is 1. The molecule has 0 saturated carbocycles. The van der Waals surface area contributed by atoms with Crippen molar-refractivity contribution in [2.45, 2.75) is 20.0 Å². The number of esters is 1. The van der Waals surface area contributed by atoms with Crippen LogP contribution in [0.5, 0.6) is 11.5 Å². The number of aromatic amines is 1. The summed E-state index contributed by atoms with van der Waals surface area (Å²) in [4.78, 5) is 39.3. The number of benzene rings is 2. The van der Waals surface area contributed by atoms with Crippen molar-refractivity contribution in [3.05, 3.63) is 63.3 Å². The van der Waals surface area contributed by atoms with Gasteiger partial charge in [-0.2, -0.15) is 0 Å². The van der Waals surface area contributed by atoms with Crippen LogP contribution in [0.4, 0.5) is 5.69 Å². The minimum Gasteiger partial charge on any atom is -0.454 e. The van der Waals surface area contributed by atoms with Gasteiger partial charge in [-0.05, 0) is 19.9 Å². The third-order valence-corrected chi connectivity index (χ3v) is 4.70. The first-order valence-electron chi connectivity index (χ1n) is 8.77. The van der Waals surface area contributed by atoms with Gasteiger partial charge in [-0.3, -0.25) is 14.9 Å². The molecular formula is C20H16N2O7. The number of Topliss-reactive ketones (excluding diaryl/α,β-unsaturated/α-hetero) is 1. The quantitative estimate of drug-likeness (QED) is 0.303. The highest BCUT2D eigenvalue weighted by Gasteiger charge is 2.31. The number of nitro benzene ring substituents is 1. The van der Waals surface area contributed by atoms with Gasteiger partial charge in [0, 0.05) is 28.2 Å². The zero-order chi connectivity index (χ0) is 20.7. The Morgan fingerprint density at radius 3 is 2.62 bits per heavy atom. The van der Waals surface area contributed by atoms with Crippen molar-refractivity contribution in [1.29, 1.82) is 0 Å². The van der Waals surface area contributed by atoms with Crippen molar-refractivity contribution >= 4 is 28.3 Å². The third-order valence-electron chi connectivity index (χ3n) is 4.70. The van der Waals surface area contributed by atoms with Crippen LogP contribution in [0.15, 0.2) is 36.4 Å². The number of rotatable bonds is 5. The Kier molecular flexibility index (Phi) is 4.42. The van der Waals surface area contributed by atoms with Crippen LogP contribution in [-0.2, 0) is 4.74 Å². The van der Waals surface area contributed by atoms with E-state index in [1.807, 2.05) is 12.1 Å². The number of carbonyl (C=O) groups excluding carboxylic acids is 2. The van der Waals surface area contributed by atoms with E-state index in [-0.39, 0.29) is 23.9 Å². The number of nitro groups is 1. The maximum absolute atomic E-state index is 12.9. The molecule has 0 bridgehead atoms. The fourth-order valence-electron chi connectivity index (χ4n) is 3.32. The zero-order valence-electron chi connectivity index (χ0n) is 15.6. The highest BCUT2D eigenvalue weighted by atomic mass is 16.7. The Labute approximate surface area is 164 Å². The number of hydrogen-bond acceptors (Lipinski definition) is 7. The molecule has 148 valence electrons. The smallest absolute Gasteiger partial charge is 0.346 e. The van der Waals surface area contributed by atoms with Crippen LogP contribution in [0.25, 0.3) is 10.9 Å². The summed E-state index contributed by atoms with van der Waals surface area (Å²) in [6, 6.07) is 9.58. The van der Waals surface area contributed by atoms with Gasteiger partial charge in [0.15, 0.2) is 17.6 Å². The zero-order valence-corrected chi connectivity index (χ0v) is 15.6. The molecule has 1 atom stereocenters. The molecule has 3 aromatic rings. The van der Waals surface area contributed by atoms with Gasteiger partial charge in [0.1, 0.15) is 5.56 Å². The number of carbonyl (C=O) groups is 2. The van der Waals surface area contributed by atoms with Gasteiger partial charge in [0.25, 0.3) is 5.69 Å². The number of aromatic nitrogens is 1. The SMILES string of the molecule is Cc1[nH]c2ccccc2c1C(=O)C(C)OC(=O)c1cc2c(cc1[N+](=O)[O-])OCO2. The molecule has 1 N–H and O–H groups in total. The molecule has 2 heterocycles. The van der Waals surface area contributed by atoms with E-state index in [0.29, 0.717) is 16.6 Å². The van der Waals surface area contributed by atoms with E-state index in [1.54, 1.807) is 19.1 Å². The summed E-state index contributed by atoms with van der Waals surface area (Å²) < 4.78 is 15.6. The summed E-state index contributed by atoms with van der Waals surface area (Å²) in [6.45, 7) is 3.09. The Hall–Kier alpha value is -3.88. The van der Waals surface area contributed by atoms with Crippen LogP contribution in [0, 0.1) is 17.0 Å². The number of ketones is 1. The van der Waals surface area contributed by atoms with Crippen LogP contribution in [-0.4, -0.2) is 34.6 Å². The Bertz CT molecular complexity index is 1170. The van der Waals surface area contributed by atoms with Crippen LogP contribution < -0.4 is 9.47 Å². The van der Waals surface area contributed by atoms with E-state index >= 15 is 0 Å². The van der Waals surface area contributed by atoms with Crippen molar-refractivity contribution in [2.24, 2.45) is 0 Å². The van der Waals surface area contributed by atoms with Gasteiger partial charge in [0.05, 0.1) is 11.0 Å². The van der Waals surface area contributed by atoms with Crippen molar-refractivity contribution in [3.8, 4) is 11.5 Å². The maximum Gasteiger partial charge on any atom is 0.346 e. The summed E-state index contributed by atoms with van der Waals surface area (Å²) in [6.07, 6.45) is -1.15. The number of nitrogens with one attached hydrogen (secondary N) is 1. The first-order valence-corrected chi connectivity index (χ1v) is 8.77. The molecule has 0 fully saturated rings. The number of H-pyrrole nitrogens is 1. The van der Waals surface area contributed by atoms with Crippen molar-refractivity contribution in [2.75, 3.05) is 6.79 Å². The van der Waals surface area contributed by atoms with E-state index < -0.39 is 28.5 Å². The molecule has 1 unspecified atom stereocenters. The number of hydrogen-bond donors (Lipinski definition) is 1. The first kappa shape index (κ1) is 18.5. The minimum atomic E-state index is -1.15. The summed E-state index contributed by atoms with van der Waals surface area (Å²) in [5.74, 6) is -1.02. The molecule has 2 aromatic carbocycles. The largest absolute Gasteiger partial charge is 0.454 e. The highest BCUT2D eigenvalue weighted by Crippen LogP contribution is 2.38. The average molecular weight is 396 g/mol. The lowest BCUT2D eigenvalue weighted by Gasteiger charge is -2.13. The summed E-state index contributed by atoms with van der Waals surface area (Å²) in [5.41, 5.74) is 1.06. The van der Waals surface area contributed by atoms with Crippen molar-refractivity contribution in [3.63, 3.8) is 0 Å². The summed E-state index contributed by atoms with van der Waals surface area (Å²) in [5, 5.41) is 12.1. The first-order chi connectivity index (χ1) is 13.9. The predicted octanol–water partition coefficient (Wildman–Crippen LogP) is 3.54. The van der Waals surface area contributed by atoms with Crippen LogP contribution in [0.1, 0.15) is 33.3 Å². The second-order valence-corrected chi connectivity index (χ2v) is 6.56. The normalized spacial score (nSPS) is 13.3. The summed E-state index contributed by atoms with van der Waals surface area (Å²) in [7, 11) is 0. The number of fused-ring (bicyclic) bond motifs is 2. The third kappa shape index (κ3) is 3.16. The van der Waals surface area contributed by atoms with E-state index in [9.17, 15) is 19.7 Å². The molecule has 4 rings (SSSR count). The molecule has 1 aliphatic heterocycles. The van der Waals surface area contributed by atoms with Gasteiger partial charge in [0.2, 0.25) is 12.6 Å². The molecule has 29 heavy (non-hydrogen) atoms. The lowest BCUT2D eigenvalue weighted by Crippen LogP contribution is -2.25. The van der Waals surface area contributed by atoms with Gasteiger partial charge < -0.3 is 19.2 Å². The van der Waals surface area contributed by atoms with Crippen LogP contribution >= 0.6 is 0 Å². The maximum atomic E-state index is 12.9. The molecule has 0 radical (unpaired) electrons.